The van der Waals surface area contributed by atoms with Crippen molar-refractivity contribution in [2.45, 2.75) is 79.5 Å². The van der Waals surface area contributed by atoms with E-state index >= 15 is 0 Å². The normalized spacial score (nSPS) is 12.9. The maximum Gasteiger partial charge on any atom is 0.149 e. The zero-order valence-electron chi connectivity index (χ0n) is 41.7. The first kappa shape index (κ1) is 39.5. The number of nitrogens with zero attached hydrogens (tertiary/aromatic N) is 3. The first-order valence-electron chi connectivity index (χ1n) is 24.2. The van der Waals surface area contributed by atoms with Crippen LogP contribution < -0.4 is 0 Å². The van der Waals surface area contributed by atoms with Crippen LogP contribution in [0, 0.1) is 12.8 Å². The Labute approximate surface area is 389 Å². The number of phenols is 1. The van der Waals surface area contributed by atoms with Crippen LogP contribution >= 0.6 is 0 Å². The molecule has 0 aliphatic rings. The molecule has 324 valence electrons. The largest absolute Gasteiger partial charge is 0.507 e. The van der Waals surface area contributed by atoms with Gasteiger partial charge in [0.1, 0.15) is 11.6 Å². The number of aromatic hydroxyl groups is 1. The first-order valence-corrected chi connectivity index (χ1v) is 22.7. The van der Waals surface area contributed by atoms with Crippen molar-refractivity contribution < 1.29 is 9.22 Å². The Kier molecular flexibility index (Phi) is 10.4. The van der Waals surface area contributed by atoms with E-state index in [2.05, 4.69) is 187 Å². The summed E-state index contributed by atoms with van der Waals surface area (Å²) in [4.78, 5) is 10.6. The molecule has 0 fully saturated rings. The number of phenolic OH excluding ortho intramolecular Hbond substituents is 1. The lowest BCUT2D eigenvalue weighted by Crippen LogP contribution is -2.17. The Balaban J connectivity index is 1.30. The van der Waals surface area contributed by atoms with Crippen LogP contribution in [0.3, 0.4) is 0 Å². The van der Waals surface area contributed by atoms with Crippen LogP contribution in [0.1, 0.15) is 81.8 Å². The molecule has 4 heteroatoms. The third-order valence-electron chi connectivity index (χ3n) is 12.4. The molecule has 9 aromatic rings. The molecule has 2 heterocycles. The molecule has 0 unspecified atom stereocenters. The number of aryl methyl sites for hydroxylation is 1. The highest BCUT2D eigenvalue weighted by Crippen LogP contribution is 2.45. The van der Waals surface area contributed by atoms with Gasteiger partial charge in [-0.15, -0.1) is 0 Å². The minimum Gasteiger partial charge on any atom is -0.507 e. The minimum atomic E-state index is -2.18. The summed E-state index contributed by atoms with van der Waals surface area (Å²) >= 11 is 0. The van der Waals surface area contributed by atoms with E-state index in [1.807, 2.05) is 30.5 Å². The molecular weight excluding hydrogens is 791 g/mol. The number of imidazole rings is 1. The van der Waals surface area contributed by atoms with E-state index in [1.165, 1.54) is 16.7 Å². The lowest BCUT2D eigenvalue weighted by molar-refractivity contribution is 0.446. The van der Waals surface area contributed by atoms with E-state index < -0.39 is 6.85 Å². The second kappa shape index (κ2) is 17.2. The number of rotatable bonds is 9. The van der Waals surface area contributed by atoms with Crippen molar-refractivity contribution in [3.05, 3.63) is 192 Å². The summed E-state index contributed by atoms with van der Waals surface area (Å²) in [5.41, 5.74) is 16.4. The summed E-state index contributed by atoms with van der Waals surface area (Å²) in [5.74, 6) is 1.32. The van der Waals surface area contributed by atoms with Crippen LogP contribution in [0.5, 0.6) is 5.75 Å². The third kappa shape index (κ3) is 8.78. The summed E-state index contributed by atoms with van der Waals surface area (Å²) in [6.07, 6.45) is 2.70. The van der Waals surface area contributed by atoms with Crippen LogP contribution in [0.25, 0.3) is 83.9 Å². The van der Waals surface area contributed by atoms with Crippen LogP contribution in [-0.2, 0) is 17.3 Å². The molecule has 0 amide bonds. The van der Waals surface area contributed by atoms with Gasteiger partial charge in [0.25, 0.3) is 0 Å². The van der Waals surface area contributed by atoms with Crippen LogP contribution in [0.2, 0.25) is 0 Å². The van der Waals surface area contributed by atoms with Gasteiger partial charge in [-0.25, -0.2) is 4.98 Å². The molecule has 2 aromatic heterocycles. The first-order chi connectivity index (χ1) is 32.3. The van der Waals surface area contributed by atoms with Crippen LogP contribution in [-0.4, -0.2) is 19.6 Å². The molecule has 0 aliphatic heterocycles. The molecular formula is C61H59N3O. The molecule has 0 atom stereocenters. The van der Waals surface area contributed by atoms with Crippen molar-refractivity contribution in [3.8, 4) is 78.6 Å². The molecule has 7 aromatic carbocycles. The zero-order chi connectivity index (χ0) is 48.1. The molecule has 1 N–H and O–H groups in total. The number of aromatic nitrogens is 3. The molecule has 9 rings (SSSR count). The Morgan fingerprint density at radius 1 is 0.569 bits per heavy atom. The van der Waals surface area contributed by atoms with Gasteiger partial charge in [-0.05, 0) is 135 Å². The highest BCUT2D eigenvalue weighted by Gasteiger charge is 2.29. The van der Waals surface area contributed by atoms with Crippen LogP contribution in [0.15, 0.2) is 170 Å². The summed E-state index contributed by atoms with van der Waals surface area (Å²) in [7, 11) is 0. The minimum absolute atomic E-state index is 0.201. The van der Waals surface area contributed by atoms with Crippen molar-refractivity contribution in [3.63, 3.8) is 0 Å². The molecule has 0 aliphatic carbocycles. The SMILES string of the molecule is [2H]C([2H])([2H])c1ccc(-c2ccnc(-c3cc(-c4ccccc4)cc(-c4cccc5c4nc(-c4cc(C(C)(C)C)cc(C(C)(C)C)c4O)n5-c4ccc(-c5ccccc5)c(CC(C)C)c4)c3)c2)cc1. The van der Waals surface area contributed by atoms with Gasteiger partial charge in [-0.2, -0.15) is 0 Å². The molecule has 0 spiro atoms. The fraction of sp³-hybridized carbons (Fsp3) is 0.213. The number of hydrogen-bond acceptors (Lipinski definition) is 3. The van der Waals surface area contributed by atoms with Crippen molar-refractivity contribution in [1.82, 2.24) is 14.5 Å². The molecule has 65 heavy (non-hydrogen) atoms. The van der Waals surface area contributed by atoms with Crippen molar-refractivity contribution in [2.75, 3.05) is 0 Å². The van der Waals surface area contributed by atoms with E-state index in [4.69, 9.17) is 14.1 Å². The number of hydrogen-bond donors (Lipinski definition) is 1. The third-order valence-corrected chi connectivity index (χ3v) is 12.4. The number of benzene rings is 7. The quantitative estimate of drug-likeness (QED) is 0.157. The van der Waals surface area contributed by atoms with E-state index in [0.717, 1.165) is 78.9 Å². The van der Waals surface area contributed by atoms with Gasteiger partial charge in [-0.3, -0.25) is 9.55 Å². The second-order valence-corrected chi connectivity index (χ2v) is 19.8. The Morgan fingerprint density at radius 3 is 1.92 bits per heavy atom. The Bertz CT molecular complexity index is 3280. The lowest BCUT2D eigenvalue weighted by atomic mass is 9.79. The monoisotopic (exact) mass is 852 g/mol. The number of para-hydroxylation sites is 1. The van der Waals surface area contributed by atoms with E-state index in [9.17, 15) is 5.11 Å². The summed E-state index contributed by atoms with van der Waals surface area (Å²) < 4.78 is 25.9. The maximum atomic E-state index is 12.5. The Hall–Kier alpha value is -7.04. The molecule has 0 bridgehead atoms. The van der Waals surface area contributed by atoms with E-state index in [1.54, 1.807) is 12.1 Å². The summed E-state index contributed by atoms with van der Waals surface area (Å²) in [6.45, 7) is 15.5. The standard InChI is InChI=1S/C61H59N3O/c1-39(2)31-46-35-50(27-28-51(46)43-19-14-11-15-20-43)64-56-22-16-21-52(57(56)63-59(64)53-37-49(60(4,5)6)38-54(58(53)65)61(7,8)9)47-32-45(41-17-12-10-13-18-41)33-48(34-47)55-36-44(29-30-62-55)42-25-23-40(3)24-26-42/h10-30,32-39,65H,31H2,1-9H3/i3D3. The summed E-state index contributed by atoms with van der Waals surface area (Å²) in [5, 5.41) is 12.5. The van der Waals surface area contributed by atoms with E-state index in [-0.39, 0.29) is 16.6 Å². The Morgan fingerprint density at radius 2 is 1.25 bits per heavy atom. The fourth-order valence-electron chi connectivity index (χ4n) is 8.97. The smallest absolute Gasteiger partial charge is 0.149 e. The van der Waals surface area contributed by atoms with E-state index in [0.29, 0.717) is 22.9 Å². The predicted molar refractivity (Wildman–Crippen MR) is 274 cm³/mol. The highest BCUT2D eigenvalue weighted by molar-refractivity contribution is 5.98. The predicted octanol–water partition coefficient (Wildman–Crippen LogP) is 16.2. The van der Waals surface area contributed by atoms with Crippen LogP contribution in [0.4, 0.5) is 0 Å². The van der Waals surface area contributed by atoms with Crippen molar-refractivity contribution in [2.24, 2.45) is 5.92 Å². The number of pyridine rings is 1. The van der Waals surface area contributed by atoms with Crippen molar-refractivity contribution in [1.29, 1.82) is 0 Å². The van der Waals surface area contributed by atoms with Crippen molar-refractivity contribution >= 4 is 11.0 Å². The van der Waals surface area contributed by atoms with Gasteiger partial charge >= 0.3 is 0 Å². The van der Waals surface area contributed by atoms with Gasteiger partial charge in [0, 0.05) is 32.7 Å². The van der Waals surface area contributed by atoms with Gasteiger partial charge in [-0.1, -0.05) is 170 Å². The average molecular weight is 853 g/mol. The number of fused-ring (bicyclic) bond motifs is 1. The molecule has 4 nitrogen and oxygen atoms in total. The van der Waals surface area contributed by atoms with Gasteiger partial charge in [0.2, 0.25) is 0 Å². The van der Waals surface area contributed by atoms with Gasteiger partial charge in [0.05, 0.1) is 22.3 Å². The lowest BCUT2D eigenvalue weighted by Gasteiger charge is -2.27. The van der Waals surface area contributed by atoms with Gasteiger partial charge in [0.15, 0.2) is 0 Å². The molecule has 0 saturated heterocycles. The van der Waals surface area contributed by atoms with Gasteiger partial charge < -0.3 is 5.11 Å². The fourth-order valence-corrected chi connectivity index (χ4v) is 8.97. The zero-order valence-corrected chi connectivity index (χ0v) is 38.7. The maximum absolute atomic E-state index is 12.5. The average Bonchev–Trinajstić information content (AvgIpc) is 3.70. The molecule has 0 radical (unpaired) electrons. The second-order valence-electron chi connectivity index (χ2n) is 19.8. The molecule has 0 saturated carbocycles. The summed E-state index contributed by atoms with van der Waals surface area (Å²) in [6, 6.07) is 56.1. The topological polar surface area (TPSA) is 50.9 Å². The highest BCUT2D eigenvalue weighted by atomic mass is 16.3.